The second-order valence-corrected chi connectivity index (χ2v) is 4.31. The lowest BCUT2D eigenvalue weighted by atomic mass is 9.98. The Balaban J connectivity index is 2.32. The van der Waals surface area contributed by atoms with Crippen molar-refractivity contribution in [3.63, 3.8) is 0 Å². The summed E-state index contributed by atoms with van der Waals surface area (Å²) in [6.07, 6.45) is 1.97. The van der Waals surface area contributed by atoms with E-state index in [0.29, 0.717) is 10.0 Å². The molecule has 2 N–H and O–H groups in total. The lowest BCUT2D eigenvalue weighted by Crippen LogP contribution is -2.17. The van der Waals surface area contributed by atoms with Crippen molar-refractivity contribution in [3.8, 4) is 0 Å². The first-order valence-electron chi connectivity index (χ1n) is 4.81. The standard InChI is InChI=1S/C11H12Cl2N2/c1-7(10-5-14-6-15-10)8-3-2-4-9(12)11(8)13/h2-5,7,14-15H,6H2,1H3. The van der Waals surface area contributed by atoms with Gasteiger partial charge in [-0.15, -0.1) is 0 Å². The third kappa shape index (κ3) is 2.06. The Labute approximate surface area is 99.3 Å². The van der Waals surface area contributed by atoms with Crippen molar-refractivity contribution in [2.45, 2.75) is 12.8 Å². The number of allylic oxidation sites excluding steroid dienone is 1. The van der Waals surface area contributed by atoms with Gasteiger partial charge in [-0.25, -0.2) is 0 Å². The maximum absolute atomic E-state index is 6.16. The zero-order chi connectivity index (χ0) is 10.8. The zero-order valence-electron chi connectivity index (χ0n) is 8.35. The van der Waals surface area contributed by atoms with Crippen molar-refractivity contribution in [1.29, 1.82) is 0 Å². The van der Waals surface area contributed by atoms with Crippen LogP contribution in [0.5, 0.6) is 0 Å². The molecule has 1 aliphatic heterocycles. The van der Waals surface area contributed by atoms with Gasteiger partial charge in [-0.1, -0.05) is 42.3 Å². The molecule has 0 fully saturated rings. The highest BCUT2D eigenvalue weighted by Crippen LogP contribution is 2.33. The van der Waals surface area contributed by atoms with Crippen LogP contribution in [0.2, 0.25) is 10.0 Å². The van der Waals surface area contributed by atoms with Gasteiger partial charge in [-0.3, -0.25) is 0 Å². The molecule has 0 aromatic heterocycles. The topological polar surface area (TPSA) is 24.1 Å². The molecule has 1 unspecified atom stereocenters. The molecule has 1 aliphatic rings. The Kier molecular flexibility index (Phi) is 3.08. The summed E-state index contributed by atoms with van der Waals surface area (Å²) < 4.78 is 0. The summed E-state index contributed by atoms with van der Waals surface area (Å²) in [6, 6.07) is 5.72. The first-order chi connectivity index (χ1) is 7.20. The Morgan fingerprint density at radius 1 is 1.33 bits per heavy atom. The molecule has 0 saturated carbocycles. The lowest BCUT2D eigenvalue weighted by molar-refractivity contribution is 0.748. The van der Waals surface area contributed by atoms with Gasteiger partial charge in [0.1, 0.15) is 0 Å². The SMILES string of the molecule is CC(C1=CNCN1)c1cccc(Cl)c1Cl. The van der Waals surface area contributed by atoms with Crippen molar-refractivity contribution in [1.82, 2.24) is 10.6 Å². The fourth-order valence-corrected chi connectivity index (χ4v) is 2.14. The van der Waals surface area contributed by atoms with Gasteiger partial charge < -0.3 is 10.6 Å². The molecule has 0 spiro atoms. The molecule has 2 rings (SSSR count). The van der Waals surface area contributed by atoms with E-state index in [2.05, 4.69) is 17.6 Å². The van der Waals surface area contributed by atoms with E-state index < -0.39 is 0 Å². The first-order valence-corrected chi connectivity index (χ1v) is 5.57. The highest BCUT2D eigenvalue weighted by atomic mass is 35.5. The van der Waals surface area contributed by atoms with Crippen molar-refractivity contribution < 1.29 is 0 Å². The van der Waals surface area contributed by atoms with Crippen LogP contribution in [0.25, 0.3) is 0 Å². The Morgan fingerprint density at radius 3 is 2.80 bits per heavy atom. The smallest absolute Gasteiger partial charge is 0.0843 e. The average molecular weight is 243 g/mol. The van der Waals surface area contributed by atoms with Crippen LogP contribution in [-0.2, 0) is 0 Å². The van der Waals surface area contributed by atoms with E-state index in [1.165, 1.54) is 0 Å². The third-order valence-electron chi connectivity index (χ3n) is 2.57. The van der Waals surface area contributed by atoms with Crippen LogP contribution < -0.4 is 10.6 Å². The average Bonchev–Trinajstić information content (AvgIpc) is 2.74. The summed E-state index contributed by atoms with van der Waals surface area (Å²) in [5.41, 5.74) is 2.19. The third-order valence-corrected chi connectivity index (χ3v) is 3.40. The van der Waals surface area contributed by atoms with Gasteiger partial charge in [0.2, 0.25) is 0 Å². The molecule has 4 heteroatoms. The van der Waals surface area contributed by atoms with Crippen LogP contribution >= 0.6 is 23.2 Å². The summed E-state index contributed by atoms with van der Waals surface area (Å²) in [4.78, 5) is 0. The van der Waals surface area contributed by atoms with E-state index in [-0.39, 0.29) is 5.92 Å². The van der Waals surface area contributed by atoms with Crippen LogP contribution in [0.1, 0.15) is 18.4 Å². The number of nitrogens with one attached hydrogen (secondary N) is 2. The van der Waals surface area contributed by atoms with E-state index in [1.807, 2.05) is 18.3 Å². The van der Waals surface area contributed by atoms with Crippen LogP contribution in [0.15, 0.2) is 30.1 Å². The molecule has 0 aliphatic carbocycles. The van der Waals surface area contributed by atoms with Crippen molar-refractivity contribution in [2.24, 2.45) is 0 Å². The second kappa shape index (κ2) is 4.33. The van der Waals surface area contributed by atoms with E-state index in [0.717, 1.165) is 17.9 Å². The fraction of sp³-hybridized carbons (Fsp3) is 0.273. The molecular weight excluding hydrogens is 231 g/mol. The number of hydrogen-bond donors (Lipinski definition) is 2. The quantitative estimate of drug-likeness (QED) is 0.834. The zero-order valence-corrected chi connectivity index (χ0v) is 9.86. The normalized spacial score (nSPS) is 16.6. The molecular formula is C11H12Cl2N2. The maximum atomic E-state index is 6.16. The minimum absolute atomic E-state index is 0.228. The first kappa shape index (κ1) is 10.7. The highest BCUT2D eigenvalue weighted by Gasteiger charge is 2.17. The minimum atomic E-state index is 0.228. The van der Waals surface area contributed by atoms with E-state index in [9.17, 15) is 0 Å². The summed E-state index contributed by atoms with van der Waals surface area (Å²) in [5.74, 6) is 0.228. The summed E-state index contributed by atoms with van der Waals surface area (Å²) in [5, 5.41) is 7.60. The Hall–Kier alpha value is -0.860. The van der Waals surface area contributed by atoms with Crippen molar-refractivity contribution >= 4 is 23.2 Å². The molecule has 1 heterocycles. The highest BCUT2D eigenvalue weighted by molar-refractivity contribution is 6.42. The van der Waals surface area contributed by atoms with Gasteiger partial charge in [0.05, 0.1) is 16.7 Å². The van der Waals surface area contributed by atoms with Gasteiger partial charge in [0, 0.05) is 17.8 Å². The second-order valence-electron chi connectivity index (χ2n) is 3.52. The summed E-state index contributed by atoms with van der Waals surface area (Å²) in [6.45, 7) is 2.88. The minimum Gasteiger partial charge on any atom is -0.372 e. The predicted molar refractivity (Wildman–Crippen MR) is 64.1 cm³/mol. The largest absolute Gasteiger partial charge is 0.372 e. The molecule has 0 radical (unpaired) electrons. The molecule has 0 bridgehead atoms. The molecule has 0 amide bonds. The molecule has 2 nitrogen and oxygen atoms in total. The monoisotopic (exact) mass is 242 g/mol. The van der Waals surface area contributed by atoms with Gasteiger partial charge in [-0.2, -0.15) is 0 Å². The predicted octanol–water partition coefficient (Wildman–Crippen LogP) is 3.09. The number of halogens is 2. The van der Waals surface area contributed by atoms with E-state index in [4.69, 9.17) is 23.2 Å². The summed E-state index contributed by atoms with van der Waals surface area (Å²) in [7, 11) is 0. The Bertz CT molecular complexity index is 402. The van der Waals surface area contributed by atoms with Crippen molar-refractivity contribution in [2.75, 3.05) is 6.67 Å². The number of rotatable bonds is 2. The van der Waals surface area contributed by atoms with E-state index >= 15 is 0 Å². The van der Waals surface area contributed by atoms with Crippen LogP contribution in [0.4, 0.5) is 0 Å². The van der Waals surface area contributed by atoms with Gasteiger partial charge in [0.25, 0.3) is 0 Å². The molecule has 1 atom stereocenters. The maximum Gasteiger partial charge on any atom is 0.0843 e. The fourth-order valence-electron chi connectivity index (χ4n) is 1.67. The van der Waals surface area contributed by atoms with Crippen LogP contribution in [-0.4, -0.2) is 6.67 Å². The van der Waals surface area contributed by atoms with Gasteiger partial charge >= 0.3 is 0 Å². The molecule has 15 heavy (non-hydrogen) atoms. The van der Waals surface area contributed by atoms with Gasteiger partial charge in [0.15, 0.2) is 0 Å². The summed E-state index contributed by atoms with van der Waals surface area (Å²) >= 11 is 12.1. The number of hydrogen-bond acceptors (Lipinski definition) is 2. The molecule has 80 valence electrons. The molecule has 1 aromatic rings. The van der Waals surface area contributed by atoms with Crippen molar-refractivity contribution in [3.05, 3.63) is 45.7 Å². The number of benzene rings is 1. The van der Waals surface area contributed by atoms with Crippen LogP contribution in [0, 0.1) is 0 Å². The Morgan fingerprint density at radius 2 is 2.13 bits per heavy atom. The van der Waals surface area contributed by atoms with Gasteiger partial charge in [-0.05, 0) is 11.6 Å². The lowest BCUT2D eigenvalue weighted by Gasteiger charge is -2.15. The molecule has 0 saturated heterocycles. The van der Waals surface area contributed by atoms with E-state index in [1.54, 1.807) is 6.07 Å². The molecule has 1 aromatic carbocycles. The van der Waals surface area contributed by atoms with Crippen LogP contribution in [0.3, 0.4) is 0 Å².